The van der Waals surface area contributed by atoms with E-state index in [9.17, 15) is 9.90 Å². The van der Waals surface area contributed by atoms with E-state index in [1.165, 1.54) is 62.8 Å². The lowest BCUT2D eigenvalue weighted by molar-refractivity contribution is -0.142. The van der Waals surface area contributed by atoms with Gasteiger partial charge in [0.2, 0.25) is 5.88 Å². The third-order valence-electron chi connectivity index (χ3n) is 13.7. The molecule has 0 radical (unpaired) electrons. The topological polar surface area (TPSA) is 132 Å². The second kappa shape index (κ2) is 18.0. The number of halogens is 8. The fourth-order valence-corrected chi connectivity index (χ4v) is 10.1. The number of rotatable bonds is 12. The van der Waals surface area contributed by atoms with Gasteiger partial charge in [0.25, 0.3) is 0 Å². The number of aliphatic hydroxyl groups is 1. The Morgan fingerprint density at radius 1 is 0.859 bits per heavy atom. The van der Waals surface area contributed by atoms with E-state index in [0.29, 0.717) is 55.2 Å². The highest BCUT2D eigenvalue weighted by molar-refractivity contribution is 5.98. The van der Waals surface area contributed by atoms with Crippen LogP contribution in [0.2, 0.25) is 0 Å². The van der Waals surface area contributed by atoms with E-state index >= 15 is 35.1 Å². The number of hydrogen-bond acceptors (Lipinski definition) is 12. The number of fused-ring (bicyclic) bond motifs is 5. The van der Waals surface area contributed by atoms with Crippen LogP contribution in [-0.2, 0) is 30.2 Å². The van der Waals surface area contributed by atoms with Crippen LogP contribution in [0.1, 0.15) is 81.2 Å². The Labute approximate surface area is 403 Å². The lowest BCUT2D eigenvalue weighted by Gasteiger charge is -2.48. The normalized spacial score (nSPS) is 20.3. The molecule has 1 aliphatic carbocycles. The molecule has 13 nitrogen and oxygen atoms in total. The van der Waals surface area contributed by atoms with Crippen molar-refractivity contribution in [1.29, 1.82) is 0 Å². The van der Waals surface area contributed by atoms with Gasteiger partial charge in [-0.3, -0.25) is 4.90 Å². The Bertz CT molecular complexity index is 2810. The molecule has 3 aromatic carbocycles. The van der Waals surface area contributed by atoms with Crippen LogP contribution in [0, 0.1) is 24.0 Å². The van der Waals surface area contributed by atoms with Crippen molar-refractivity contribution in [3.63, 3.8) is 0 Å². The molecular weight excluding hydrogens is 949 g/mol. The van der Waals surface area contributed by atoms with Crippen LogP contribution >= 0.6 is 0 Å². The number of amides is 1. The van der Waals surface area contributed by atoms with Gasteiger partial charge in [0.05, 0.1) is 62.4 Å². The van der Waals surface area contributed by atoms with Crippen LogP contribution in [0.15, 0.2) is 48.5 Å². The fraction of sp³-hybridized carbons (Fsp3) is 0.480. The molecule has 2 saturated heterocycles. The maximum absolute atomic E-state index is 18.0. The molecule has 5 heterocycles. The molecule has 3 fully saturated rings. The summed E-state index contributed by atoms with van der Waals surface area (Å²) in [6.45, 7) is 6.13. The minimum absolute atomic E-state index is 0.0462. The van der Waals surface area contributed by atoms with Gasteiger partial charge in [-0.25, -0.2) is 18.6 Å². The highest BCUT2D eigenvalue weighted by Gasteiger charge is 2.55. The zero-order valence-corrected chi connectivity index (χ0v) is 39.9. The Balaban J connectivity index is 1.30. The van der Waals surface area contributed by atoms with Gasteiger partial charge < -0.3 is 38.6 Å². The number of benzene rings is 3. The average molecular weight is 1000 g/mol. The molecule has 3 aliphatic heterocycles. The minimum atomic E-state index is -5.80. The van der Waals surface area contributed by atoms with Crippen LogP contribution in [0.4, 0.5) is 51.4 Å². The Morgan fingerprint density at radius 2 is 1.45 bits per heavy atom. The molecule has 4 aliphatic rings. The maximum atomic E-state index is 18.0. The summed E-state index contributed by atoms with van der Waals surface area (Å²) in [6, 6.07) is 9.75. The molecule has 0 spiro atoms. The van der Waals surface area contributed by atoms with E-state index < -0.39 is 129 Å². The van der Waals surface area contributed by atoms with Crippen LogP contribution in [0.25, 0.3) is 22.2 Å². The number of carbonyl (C=O) groups is 1. The largest absolute Gasteiger partial charge is 0.497 e. The highest BCUT2D eigenvalue weighted by Crippen LogP contribution is 2.54. The van der Waals surface area contributed by atoms with Gasteiger partial charge in [0.15, 0.2) is 11.6 Å². The molecular formula is C50H52F8N6O7. The Kier molecular flexibility index (Phi) is 12.6. The van der Waals surface area contributed by atoms with E-state index in [1.54, 1.807) is 37.5 Å². The van der Waals surface area contributed by atoms with Gasteiger partial charge in [0.1, 0.15) is 45.6 Å². The molecule has 1 amide bonds. The number of piperazine rings is 1. The smallest absolute Gasteiger partial charge is 0.419 e. The quantitative estimate of drug-likeness (QED) is 0.119. The number of aromatic nitrogens is 3. The van der Waals surface area contributed by atoms with Crippen LogP contribution < -0.4 is 28.7 Å². The Morgan fingerprint density at radius 3 is 1.97 bits per heavy atom. The first-order chi connectivity index (χ1) is 33.5. The van der Waals surface area contributed by atoms with Crippen molar-refractivity contribution in [3.8, 4) is 34.6 Å². The van der Waals surface area contributed by atoms with Crippen molar-refractivity contribution in [3.05, 3.63) is 88.0 Å². The summed E-state index contributed by atoms with van der Waals surface area (Å²) in [4.78, 5) is 31.3. The fourth-order valence-electron chi connectivity index (χ4n) is 10.1. The molecule has 2 aromatic heterocycles. The summed E-state index contributed by atoms with van der Waals surface area (Å²) in [6.07, 6.45) is -11.0. The zero-order chi connectivity index (χ0) is 51.1. The summed E-state index contributed by atoms with van der Waals surface area (Å²) in [5, 5.41) is 9.82. The highest BCUT2D eigenvalue weighted by atomic mass is 19.4. The summed E-state index contributed by atoms with van der Waals surface area (Å²) in [5.74, 6) is -3.44. The summed E-state index contributed by atoms with van der Waals surface area (Å²) < 4.78 is 160. The molecule has 2 bridgehead atoms. The van der Waals surface area contributed by atoms with Crippen LogP contribution in [0.3, 0.4) is 0 Å². The molecule has 21 heteroatoms. The molecule has 4 atom stereocenters. The van der Waals surface area contributed by atoms with Gasteiger partial charge in [-0.1, -0.05) is 24.3 Å². The lowest BCUT2D eigenvalue weighted by atomic mass is 9.89. The molecule has 1 saturated carbocycles. The van der Waals surface area contributed by atoms with E-state index in [2.05, 4.69) is 15.0 Å². The number of methoxy groups -OCH3 is 2. The number of nitrogens with zero attached hydrogens (tertiary/aromatic N) is 6. The SMILES string of the molecule is COc1ccc(CN(Cc2ccc(OC)cc2)c2c(F)c(C)c(C(F)(F)F)c(-c3nc4c5c(nc(OCC6(CO)CC6)nc5c3F)N3CC5CCC([C@H]3[C@H](C)O4)N5C(=O)OC(C)(C)C)c2C(F)(F)F)cc1. The first kappa shape index (κ1) is 49.6. The number of pyridine rings is 1. The van der Waals surface area contributed by atoms with Gasteiger partial charge >= 0.3 is 24.5 Å². The van der Waals surface area contributed by atoms with Crippen molar-refractivity contribution in [2.75, 3.05) is 43.8 Å². The van der Waals surface area contributed by atoms with E-state index in [4.69, 9.17) is 23.7 Å². The number of hydrogen-bond donors (Lipinski definition) is 1. The molecule has 2 unspecified atom stereocenters. The summed E-state index contributed by atoms with van der Waals surface area (Å²) in [7, 11) is 2.81. The van der Waals surface area contributed by atoms with Gasteiger partial charge in [-0.2, -0.15) is 36.3 Å². The molecule has 5 aromatic rings. The maximum Gasteiger partial charge on any atom is 0.419 e. The number of alkyl halides is 6. The zero-order valence-electron chi connectivity index (χ0n) is 39.9. The molecule has 9 rings (SSSR count). The lowest BCUT2D eigenvalue weighted by Crippen LogP contribution is -2.65. The Hall–Kier alpha value is -6.38. The average Bonchev–Trinajstić information content (AvgIpc) is 4.05. The summed E-state index contributed by atoms with van der Waals surface area (Å²) in [5.41, 5.74) is -11.8. The van der Waals surface area contributed by atoms with E-state index in [-0.39, 0.29) is 31.0 Å². The number of anilines is 2. The monoisotopic (exact) mass is 1000 g/mol. The van der Waals surface area contributed by atoms with Crippen LogP contribution in [-0.4, -0.2) is 94.9 Å². The predicted octanol–water partition coefficient (Wildman–Crippen LogP) is 10.4. The number of ether oxygens (including phenoxy) is 5. The third kappa shape index (κ3) is 9.25. The van der Waals surface area contributed by atoms with Crippen molar-refractivity contribution >= 4 is 28.5 Å². The van der Waals surface area contributed by atoms with Crippen molar-refractivity contribution in [1.82, 2.24) is 19.9 Å². The van der Waals surface area contributed by atoms with Crippen molar-refractivity contribution in [2.24, 2.45) is 5.41 Å². The van der Waals surface area contributed by atoms with Gasteiger partial charge in [-0.05, 0) is 101 Å². The number of carbonyl (C=O) groups excluding carboxylic acids is 1. The van der Waals surface area contributed by atoms with Crippen molar-refractivity contribution < 1.29 is 68.7 Å². The minimum Gasteiger partial charge on any atom is -0.497 e. The molecule has 71 heavy (non-hydrogen) atoms. The number of aliphatic hydroxyl groups excluding tert-OH is 1. The molecule has 1 N–H and O–H groups in total. The van der Waals surface area contributed by atoms with Gasteiger partial charge in [-0.15, -0.1) is 0 Å². The molecule has 380 valence electrons. The van der Waals surface area contributed by atoms with E-state index in [0.717, 1.165) is 4.90 Å². The third-order valence-corrected chi connectivity index (χ3v) is 13.7. The standard InChI is InChI=1S/C50H52F8N6O7/c1-25-35(49(53,54)55)33(36(50(56,57)58)42(37(25)51)62(20-27-8-13-30(67-6)14-9-27)21-28-10-15-31(68-7)16-11-28)39-38(52)40-34-43(61-45(60-40)69-24-48(23-65)18-19-48)63-22-29-12-17-32(41(63)26(2)70-44(34)59-39)64(29)46(66)71-47(3,4)5/h8-11,13-16,26,29,32,41,65H,12,17-24H2,1-7H3/t26-,29?,32?,41+/m0/s1. The predicted molar refractivity (Wildman–Crippen MR) is 244 cm³/mol. The first-order valence-electron chi connectivity index (χ1n) is 23.1. The second-order valence-electron chi connectivity index (χ2n) is 19.7. The van der Waals surface area contributed by atoms with Crippen molar-refractivity contribution in [2.45, 2.75) is 116 Å². The second-order valence-corrected chi connectivity index (χ2v) is 19.7. The van der Waals surface area contributed by atoms with Crippen LogP contribution in [0.5, 0.6) is 23.4 Å². The summed E-state index contributed by atoms with van der Waals surface area (Å²) >= 11 is 0. The van der Waals surface area contributed by atoms with Gasteiger partial charge in [0, 0.05) is 30.6 Å². The first-order valence-corrected chi connectivity index (χ1v) is 23.1. The van der Waals surface area contributed by atoms with E-state index in [1.807, 2.05) is 0 Å².